The molecule has 2 aromatic heterocycles. The first-order valence-electron chi connectivity index (χ1n) is 4.11. The zero-order valence-corrected chi connectivity index (χ0v) is 8.82. The molecule has 2 heterocycles. The van der Waals surface area contributed by atoms with Gasteiger partial charge in [0, 0.05) is 6.42 Å². The van der Waals surface area contributed by atoms with Gasteiger partial charge in [-0.15, -0.1) is 0 Å². The van der Waals surface area contributed by atoms with Gasteiger partial charge < -0.3 is 13.9 Å². The van der Waals surface area contributed by atoms with E-state index in [0.29, 0.717) is 28.5 Å². The number of nitrogens with zero attached hydrogens (tertiary/aromatic N) is 1. The predicted molar refractivity (Wildman–Crippen MR) is 52.7 cm³/mol. The van der Waals surface area contributed by atoms with Crippen LogP contribution in [0.1, 0.15) is 5.76 Å². The minimum absolute atomic E-state index is 0.0521. The van der Waals surface area contributed by atoms with E-state index in [1.807, 2.05) is 0 Å². The van der Waals surface area contributed by atoms with Crippen molar-refractivity contribution in [1.29, 1.82) is 0 Å². The summed E-state index contributed by atoms with van der Waals surface area (Å²) < 4.78 is 11.2. The van der Waals surface area contributed by atoms with Crippen LogP contribution in [0.15, 0.2) is 31.8 Å². The molecule has 0 radical (unpaired) electrons. The van der Waals surface area contributed by atoms with Gasteiger partial charge >= 0.3 is 0 Å². The molecule has 2 aromatic rings. The summed E-state index contributed by atoms with van der Waals surface area (Å²) in [6.45, 7) is 0.0521. The van der Waals surface area contributed by atoms with E-state index < -0.39 is 0 Å². The van der Waals surface area contributed by atoms with Crippen molar-refractivity contribution in [2.75, 3.05) is 6.61 Å². The Labute approximate surface area is 88.7 Å². The van der Waals surface area contributed by atoms with Crippen molar-refractivity contribution in [2.45, 2.75) is 6.42 Å². The topological polar surface area (TPSA) is 59.4 Å². The maximum absolute atomic E-state index is 8.68. The number of aromatic nitrogens is 1. The first kappa shape index (κ1) is 9.48. The quantitative estimate of drug-likeness (QED) is 0.917. The molecule has 0 atom stereocenters. The van der Waals surface area contributed by atoms with E-state index in [0.717, 1.165) is 0 Å². The van der Waals surface area contributed by atoms with Crippen molar-refractivity contribution >= 4 is 15.9 Å². The highest BCUT2D eigenvalue weighted by Crippen LogP contribution is 2.24. The molecule has 14 heavy (non-hydrogen) atoms. The fourth-order valence-electron chi connectivity index (χ4n) is 1.08. The number of oxazole rings is 1. The molecular weight excluding hydrogens is 250 g/mol. The van der Waals surface area contributed by atoms with E-state index in [-0.39, 0.29) is 6.61 Å². The summed E-state index contributed by atoms with van der Waals surface area (Å²) in [6, 6.07) is 3.53. The first-order chi connectivity index (χ1) is 6.79. The Morgan fingerprint density at radius 2 is 2.21 bits per heavy atom. The minimum atomic E-state index is 0.0521. The fraction of sp³-hybridized carbons (Fsp3) is 0.222. The lowest BCUT2D eigenvalue weighted by atomic mass is 10.4. The van der Waals surface area contributed by atoms with Crippen LogP contribution >= 0.6 is 15.9 Å². The Morgan fingerprint density at radius 3 is 2.86 bits per heavy atom. The van der Waals surface area contributed by atoms with Gasteiger partial charge in [0.05, 0.1) is 12.8 Å². The summed E-state index contributed by atoms with van der Waals surface area (Å²) in [4.78, 5) is 4.03. The maximum Gasteiger partial charge on any atom is 0.263 e. The Morgan fingerprint density at radius 1 is 1.36 bits per heavy atom. The van der Waals surface area contributed by atoms with Gasteiger partial charge in [0.15, 0.2) is 10.4 Å². The second-order valence-electron chi connectivity index (χ2n) is 2.71. The van der Waals surface area contributed by atoms with Gasteiger partial charge in [0.1, 0.15) is 5.76 Å². The summed E-state index contributed by atoms with van der Waals surface area (Å²) in [5.41, 5.74) is 0. The zero-order valence-electron chi connectivity index (χ0n) is 7.24. The number of furan rings is 1. The average molecular weight is 258 g/mol. The third kappa shape index (κ3) is 1.88. The van der Waals surface area contributed by atoms with Crippen LogP contribution in [0.2, 0.25) is 0 Å². The number of hydrogen-bond acceptors (Lipinski definition) is 4. The highest BCUT2D eigenvalue weighted by atomic mass is 79.9. The molecule has 0 saturated carbocycles. The van der Waals surface area contributed by atoms with E-state index in [9.17, 15) is 0 Å². The summed E-state index contributed by atoms with van der Waals surface area (Å²) in [7, 11) is 0. The molecule has 0 aromatic carbocycles. The first-order valence-corrected chi connectivity index (χ1v) is 4.90. The minimum Gasteiger partial charge on any atom is -0.444 e. The third-order valence-electron chi connectivity index (χ3n) is 1.70. The normalized spacial score (nSPS) is 10.7. The van der Waals surface area contributed by atoms with Crippen LogP contribution in [0.25, 0.3) is 11.7 Å². The molecule has 2 rings (SSSR count). The van der Waals surface area contributed by atoms with Crippen molar-refractivity contribution in [2.24, 2.45) is 0 Å². The molecule has 0 aliphatic rings. The van der Waals surface area contributed by atoms with Gasteiger partial charge in [0.25, 0.3) is 5.89 Å². The molecule has 0 unspecified atom stereocenters. The van der Waals surface area contributed by atoms with Crippen LogP contribution in [0.3, 0.4) is 0 Å². The van der Waals surface area contributed by atoms with Crippen LogP contribution in [0, 0.1) is 0 Å². The van der Waals surface area contributed by atoms with Crippen molar-refractivity contribution < 1.29 is 13.9 Å². The van der Waals surface area contributed by atoms with E-state index in [2.05, 4.69) is 20.9 Å². The maximum atomic E-state index is 8.68. The highest BCUT2D eigenvalue weighted by Gasteiger charge is 2.09. The molecule has 5 heteroatoms. The van der Waals surface area contributed by atoms with Crippen LogP contribution in [-0.4, -0.2) is 16.7 Å². The molecule has 74 valence electrons. The van der Waals surface area contributed by atoms with Crippen LogP contribution in [0.5, 0.6) is 0 Å². The second-order valence-corrected chi connectivity index (χ2v) is 3.49. The lowest BCUT2D eigenvalue weighted by molar-refractivity contribution is 0.288. The van der Waals surface area contributed by atoms with Crippen LogP contribution in [0.4, 0.5) is 0 Å². The van der Waals surface area contributed by atoms with Crippen molar-refractivity contribution in [3.8, 4) is 11.7 Å². The van der Waals surface area contributed by atoms with Gasteiger partial charge in [-0.3, -0.25) is 0 Å². The largest absolute Gasteiger partial charge is 0.444 e. The van der Waals surface area contributed by atoms with E-state index in [1.165, 1.54) is 0 Å². The summed E-state index contributed by atoms with van der Waals surface area (Å²) >= 11 is 3.19. The summed E-state index contributed by atoms with van der Waals surface area (Å²) in [5.74, 6) is 1.65. The Balaban J connectivity index is 2.24. The lowest BCUT2D eigenvalue weighted by Crippen LogP contribution is -1.86. The van der Waals surface area contributed by atoms with E-state index in [4.69, 9.17) is 13.9 Å². The molecule has 0 fully saturated rings. The van der Waals surface area contributed by atoms with Crippen molar-refractivity contribution in [3.63, 3.8) is 0 Å². The monoisotopic (exact) mass is 257 g/mol. The van der Waals surface area contributed by atoms with E-state index >= 15 is 0 Å². The smallest absolute Gasteiger partial charge is 0.263 e. The number of halogens is 1. The molecule has 0 aliphatic carbocycles. The predicted octanol–water partition coefficient (Wildman–Crippen LogP) is 2.23. The van der Waals surface area contributed by atoms with Gasteiger partial charge in [0.2, 0.25) is 0 Å². The molecule has 4 nitrogen and oxygen atoms in total. The fourth-order valence-corrected chi connectivity index (χ4v) is 1.38. The van der Waals surface area contributed by atoms with Crippen LogP contribution in [-0.2, 0) is 6.42 Å². The molecule has 0 spiro atoms. The van der Waals surface area contributed by atoms with Gasteiger partial charge in [-0.2, -0.15) is 0 Å². The molecule has 0 aliphatic heterocycles. The van der Waals surface area contributed by atoms with Gasteiger partial charge in [-0.1, -0.05) is 0 Å². The lowest BCUT2D eigenvalue weighted by Gasteiger charge is -1.89. The summed E-state index contributed by atoms with van der Waals surface area (Å²) in [5, 5.41) is 8.68. The van der Waals surface area contributed by atoms with Crippen molar-refractivity contribution in [3.05, 3.63) is 28.8 Å². The third-order valence-corrected chi connectivity index (χ3v) is 2.12. The van der Waals surface area contributed by atoms with E-state index in [1.54, 1.807) is 18.3 Å². The van der Waals surface area contributed by atoms with Gasteiger partial charge in [-0.05, 0) is 28.1 Å². The Bertz CT molecular complexity index is 421. The summed E-state index contributed by atoms with van der Waals surface area (Å²) in [6.07, 6.45) is 2.05. The SMILES string of the molecule is OCCc1cnc(-c2ccc(Br)o2)o1. The molecule has 1 N–H and O–H groups in total. The number of aliphatic hydroxyl groups excluding tert-OH is 1. The van der Waals surface area contributed by atoms with Gasteiger partial charge in [-0.25, -0.2) is 4.98 Å². The number of rotatable bonds is 3. The number of hydrogen-bond donors (Lipinski definition) is 1. The Kier molecular flexibility index (Phi) is 2.69. The number of aliphatic hydroxyl groups is 1. The van der Waals surface area contributed by atoms with Crippen LogP contribution < -0.4 is 0 Å². The highest BCUT2D eigenvalue weighted by molar-refractivity contribution is 9.10. The second kappa shape index (κ2) is 3.98. The Hall–Kier alpha value is -1.07. The standard InChI is InChI=1S/C9H8BrNO3/c10-8-2-1-7(14-8)9-11-5-6(13-9)3-4-12/h1-2,5,12H,3-4H2. The van der Waals surface area contributed by atoms with Crippen molar-refractivity contribution in [1.82, 2.24) is 4.98 Å². The molecule has 0 saturated heterocycles. The molecule has 0 bridgehead atoms. The average Bonchev–Trinajstić information content (AvgIpc) is 2.74. The molecular formula is C9H8BrNO3. The zero-order chi connectivity index (χ0) is 9.97. The molecule has 0 amide bonds.